The van der Waals surface area contributed by atoms with Crippen molar-refractivity contribution in [1.29, 1.82) is 0 Å². The first-order chi connectivity index (χ1) is 9.54. The van der Waals surface area contributed by atoms with Crippen molar-refractivity contribution in [3.05, 3.63) is 47.6 Å². The van der Waals surface area contributed by atoms with Gasteiger partial charge >= 0.3 is 0 Å². The van der Waals surface area contributed by atoms with Gasteiger partial charge in [-0.05, 0) is 18.6 Å². The number of allylic oxidation sites excluding steroid dienone is 1. The highest BCUT2D eigenvalue weighted by Gasteiger charge is 2.24. The van der Waals surface area contributed by atoms with Gasteiger partial charge in [0.1, 0.15) is 0 Å². The van der Waals surface area contributed by atoms with Gasteiger partial charge in [0.05, 0.1) is 5.92 Å². The van der Waals surface area contributed by atoms with Crippen LogP contribution in [0, 0.1) is 17.5 Å². The van der Waals surface area contributed by atoms with Crippen molar-refractivity contribution in [1.82, 2.24) is 10.1 Å². The second-order valence-electron chi connectivity index (χ2n) is 4.60. The van der Waals surface area contributed by atoms with Crippen LogP contribution in [-0.2, 0) is 0 Å². The van der Waals surface area contributed by atoms with Crippen molar-refractivity contribution in [2.24, 2.45) is 5.73 Å². The van der Waals surface area contributed by atoms with E-state index >= 15 is 0 Å². The van der Waals surface area contributed by atoms with Crippen LogP contribution in [0.1, 0.15) is 18.2 Å². The number of hydrogen-bond donors (Lipinski definition) is 1. The van der Waals surface area contributed by atoms with E-state index in [-0.39, 0.29) is 23.3 Å². The molecule has 2 aromatic rings. The van der Waals surface area contributed by atoms with Gasteiger partial charge in [-0.25, -0.2) is 13.2 Å². The second kappa shape index (κ2) is 4.75. The van der Waals surface area contributed by atoms with Crippen LogP contribution in [0.15, 0.2) is 28.8 Å². The standard InChI is InChI=1S/C13H10F3N3O/c14-9-4-7(5-10(15)11(9)16)12-18-13(20-19-12)6-1-2-8(17)3-6/h1-2,4-6,8H,3,17H2. The van der Waals surface area contributed by atoms with Gasteiger partial charge in [0.2, 0.25) is 11.7 Å². The first-order valence-corrected chi connectivity index (χ1v) is 5.97. The van der Waals surface area contributed by atoms with Crippen LogP contribution in [0.4, 0.5) is 13.2 Å². The van der Waals surface area contributed by atoms with E-state index in [1.807, 2.05) is 12.2 Å². The normalized spacial score (nSPS) is 21.6. The molecule has 2 unspecified atom stereocenters. The maximum Gasteiger partial charge on any atom is 0.233 e. The fraction of sp³-hybridized carbons (Fsp3) is 0.231. The number of benzene rings is 1. The van der Waals surface area contributed by atoms with E-state index in [1.54, 1.807) is 0 Å². The summed E-state index contributed by atoms with van der Waals surface area (Å²) in [6.45, 7) is 0. The lowest BCUT2D eigenvalue weighted by molar-refractivity contribution is 0.364. The Hall–Kier alpha value is -2.15. The van der Waals surface area contributed by atoms with E-state index in [0.717, 1.165) is 12.1 Å². The summed E-state index contributed by atoms with van der Waals surface area (Å²) in [5.41, 5.74) is 5.74. The topological polar surface area (TPSA) is 64.9 Å². The Morgan fingerprint density at radius 2 is 1.85 bits per heavy atom. The minimum atomic E-state index is -1.53. The predicted octanol–water partition coefficient (Wildman–Crippen LogP) is 2.52. The summed E-state index contributed by atoms with van der Waals surface area (Å²) in [4.78, 5) is 4.07. The quantitative estimate of drug-likeness (QED) is 0.678. The fourth-order valence-electron chi connectivity index (χ4n) is 2.10. The second-order valence-corrected chi connectivity index (χ2v) is 4.60. The van der Waals surface area contributed by atoms with E-state index in [0.29, 0.717) is 12.3 Å². The van der Waals surface area contributed by atoms with Crippen LogP contribution < -0.4 is 5.73 Å². The average Bonchev–Trinajstić information content (AvgIpc) is 3.03. The highest BCUT2D eigenvalue weighted by molar-refractivity contribution is 5.54. The van der Waals surface area contributed by atoms with Crippen LogP contribution >= 0.6 is 0 Å². The molecule has 1 aliphatic rings. The molecule has 1 heterocycles. The fourth-order valence-corrected chi connectivity index (χ4v) is 2.10. The first kappa shape index (κ1) is 12.9. The summed E-state index contributed by atoms with van der Waals surface area (Å²) in [6, 6.07) is 1.57. The van der Waals surface area contributed by atoms with Crippen molar-refractivity contribution >= 4 is 0 Å². The molecule has 2 N–H and O–H groups in total. The molecule has 3 rings (SSSR count). The molecular formula is C13H10F3N3O. The Kier molecular flexibility index (Phi) is 3.06. The zero-order valence-electron chi connectivity index (χ0n) is 10.2. The lowest BCUT2D eigenvalue weighted by Crippen LogP contribution is -2.14. The largest absolute Gasteiger partial charge is 0.338 e. The number of rotatable bonds is 2. The van der Waals surface area contributed by atoms with Gasteiger partial charge in [0, 0.05) is 11.6 Å². The maximum absolute atomic E-state index is 13.2. The Bertz CT molecular complexity index is 660. The molecule has 20 heavy (non-hydrogen) atoms. The summed E-state index contributed by atoms with van der Waals surface area (Å²) in [5.74, 6) is -3.91. The summed E-state index contributed by atoms with van der Waals surface area (Å²) in [6.07, 6.45) is 4.30. The summed E-state index contributed by atoms with van der Waals surface area (Å²) >= 11 is 0. The SMILES string of the molecule is NC1C=CC(c2nc(-c3cc(F)c(F)c(F)c3)no2)C1. The van der Waals surface area contributed by atoms with E-state index in [4.69, 9.17) is 10.3 Å². The van der Waals surface area contributed by atoms with E-state index in [1.165, 1.54) is 0 Å². The summed E-state index contributed by atoms with van der Waals surface area (Å²) in [7, 11) is 0. The third kappa shape index (κ3) is 2.20. The van der Waals surface area contributed by atoms with Crippen LogP contribution in [0.3, 0.4) is 0 Å². The zero-order chi connectivity index (χ0) is 14.3. The van der Waals surface area contributed by atoms with Gasteiger partial charge in [-0.15, -0.1) is 0 Å². The Labute approximate surface area is 112 Å². The van der Waals surface area contributed by atoms with Crippen molar-refractivity contribution in [3.63, 3.8) is 0 Å². The molecule has 2 atom stereocenters. The van der Waals surface area contributed by atoms with Gasteiger partial charge in [0.25, 0.3) is 0 Å². The highest BCUT2D eigenvalue weighted by Crippen LogP contribution is 2.29. The Morgan fingerprint density at radius 1 is 1.15 bits per heavy atom. The van der Waals surface area contributed by atoms with Gasteiger partial charge in [-0.2, -0.15) is 4.98 Å². The lowest BCUT2D eigenvalue weighted by Gasteiger charge is -2.02. The van der Waals surface area contributed by atoms with Crippen LogP contribution in [-0.4, -0.2) is 16.2 Å². The number of aromatic nitrogens is 2. The van der Waals surface area contributed by atoms with Crippen LogP contribution in [0.2, 0.25) is 0 Å². The average molecular weight is 281 g/mol. The molecule has 4 nitrogen and oxygen atoms in total. The van der Waals surface area contributed by atoms with Crippen LogP contribution in [0.25, 0.3) is 11.4 Å². The van der Waals surface area contributed by atoms with Gasteiger partial charge in [-0.1, -0.05) is 17.3 Å². The van der Waals surface area contributed by atoms with Gasteiger partial charge in [-0.3, -0.25) is 0 Å². The van der Waals surface area contributed by atoms with E-state index in [2.05, 4.69) is 10.1 Å². The zero-order valence-corrected chi connectivity index (χ0v) is 10.2. The minimum Gasteiger partial charge on any atom is -0.338 e. The number of nitrogens with two attached hydrogens (primary N) is 1. The smallest absolute Gasteiger partial charge is 0.233 e. The molecular weight excluding hydrogens is 271 g/mol. The molecule has 0 radical (unpaired) electrons. The third-order valence-electron chi connectivity index (χ3n) is 3.12. The molecule has 0 saturated carbocycles. The number of hydrogen-bond acceptors (Lipinski definition) is 4. The molecule has 0 fully saturated rings. The number of nitrogens with zero attached hydrogens (tertiary/aromatic N) is 2. The molecule has 0 amide bonds. The summed E-state index contributed by atoms with van der Waals surface area (Å²) < 4.78 is 44.2. The van der Waals surface area contributed by atoms with Crippen molar-refractivity contribution in [2.45, 2.75) is 18.4 Å². The molecule has 7 heteroatoms. The molecule has 1 aliphatic carbocycles. The molecule has 1 aromatic heterocycles. The number of halogens is 3. The Morgan fingerprint density at radius 3 is 2.45 bits per heavy atom. The molecule has 104 valence electrons. The van der Waals surface area contributed by atoms with Crippen molar-refractivity contribution in [3.8, 4) is 11.4 Å². The van der Waals surface area contributed by atoms with Crippen molar-refractivity contribution < 1.29 is 17.7 Å². The van der Waals surface area contributed by atoms with E-state index in [9.17, 15) is 13.2 Å². The molecule has 0 bridgehead atoms. The molecule has 0 spiro atoms. The lowest BCUT2D eigenvalue weighted by atomic mass is 10.1. The highest BCUT2D eigenvalue weighted by atomic mass is 19.2. The maximum atomic E-state index is 13.2. The first-order valence-electron chi connectivity index (χ1n) is 5.97. The van der Waals surface area contributed by atoms with Crippen LogP contribution in [0.5, 0.6) is 0 Å². The molecule has 1 aromatic carbocycles. The molecule has 0 saturated heterocycles. The predicted molar refractivity (Wildman–Crippen MR) is 64.1 cm³/mol. The minimum absolute atomic E-state index is 0.00618. The van der Waals surface area contributed by atoms with Gasteiger partial charge < -0.3 is 10.3 Å². The van der Waals surface area contributed by atoms with Gasteiger partial charge in [0.15, 0.2) is 17.5 Å². The summed E-state index contributed by atoms with van der Waals surface area (Å²) in [5, 5.41) is 3.65. The van der Waals surface area contributed by atoms with E-state index < -0.39 is 17.5 Å². The monoisotopic (exact) mass is 281 g/mol. The third-order valence-corrected chi connectivity index (χ3v) is 3.12. The Balaban J connectivity index is 1.92. The molecule has 0 aliphatic heterocycles. The van der Waals surface area contributed by atoms with Crippen molar-refractivity contribution in [2.75, 3.05) is 0 Å².